The van der Waals surface area contributed by atoms with E-state index in [1.165, 1.54) is 0 Å². The zero-order chi connectivity index (χ0) is 10.6. The van der Waals surface area contributed by atoms with Crippen LogP contribution in [0.15, 0.2) is 12.7 Å². The lowest BCUT2D eigenvalue weighted by molar-refractivity contribution is -0.131. The van der Waals surface area contributed by atoms with Crippen LogP contribution in [0.4, 0.5) is 0 Å². The van der Waals surface area contributed by atoms with Crippen molar-refractivity contribution in [1.82, 2.24) is 9.80 Å². The molecule has 1 aliphatic rings. The summed E-state index contributed by atoms with van der Waals surface area (Å²) in [6, 6.07) is 0.641. The molecule has 3 nitrogen and oxygen atoms in total. The summed E-state index contributed by atoms with van der Waals surface area (Å²) in [5.41, 5.74) is 0. The second-order valence-electron chi connectivity index (χ2n) is 4.07. The molecule has 1 rings (SSSR count). The summed E-state index contributed by atoms with van der Waals surface area (Å²) >= 11 is 0. The van der Waals surface area contributed by atoms with Gasteiger partial charge in [0.1, 0.15) is 0 Å². The fraction of sp³-hybridized carbons (Fsp3) is 0.727. The van der Waals surface area contributed by atoms with E-state index in [-0.39, 0.29) is 5.91 Å². The second-order valence-corrected chi connectivity index (χ2v) is 4.07. The zero-order valence-electron chi connectivity index (χ0n) is 9.20. The molecule has 0 aromatic carbocycles. The maximum atomic E-state index is 11.5. The highest BCUT2D eigenvalue weighted by molar-refractivity contribution is 5.77. The summed E-state index contributed by atoms with van der Waals surface area (Å²) in [7, 11) is 4.21. The molecule has 0 spiro atoms. The lowest BCUT2D eigenvalue weighted by Crippen LogP contribution is -2.44. The summed E-state index contributed by atoms with van der Waals surface area (Å²) in [6.45, 7) is 5.38. The van der Waals surface area contributed by atoms with Crippen molar-refractivity contribution in [3.8, 4) is 0 Å². The Morgan fingerprint density at radius 2 is 2.07 bits per heavy atom. The van der Waals surface area contributed by atoms with Crippen LogP contribution in [0.3, 0.4) is 0 Å². The Bertz CT molecular complexity index is 205. The molecular weight excluding hydrogens is 176 g/mol. The SMILES string of the molecule is C=CCC(=O)N1CCC(N(C)C)CC1. The Morgan fingerprint density at radius 3 is 2.50 bits per heavy atom. The lowest BCUT2D eigenvalue weighted by Gasteiger charge is -2.35. The number of piperidine rings is 1. The molecule has 80 valence electrons. The average molecular weight is 196 g/mol. The van der Waals surface area contributed by atoms with Gasteiger partial charge in [-0.05, 0) is 26.9 Å². The smallest absolute Gasteiger partial charge is 0.226 e. The van der Waals surface area contributed by atoms with Crippen molar-refractivity contribution in [2.24, 2.45) is 0 Å². The van der Waals surface area contributed by atoms with Gasteiger partial charge in [-0.3, -0.25) is 4.79 Å². The van der Waals surface area contributed by atoms with E-state index in [9.17, 15) is 4.79 Å². The van der Waals surface area contributed by atoms with Gasteiger partial charge in [-0.25, -0.2) is 0 Å². The van der Waals surface area contributed by atoms with Crippen LogP contribution in [-0.4, -0.2) is 48.9 Å². The number of rotatable bonds is 3. The fourth-order valence-electron chi connectivity index (χ4n) is 1.88. The number of amides is 1. The van der Waals surface area contributed by atoms with Crippen LogP contribution in [0.2, 0.25) is 0 Å². The monoisotopic (exact) mass is 196 g/mol. The van der Waals surface area contributed by atoms with Crippen molar-refractivity contribution in [3.63, 3.8) is 0 Å². The third-order valence-corrected chi connectivity index (χ3v) is 2.87. The van der Waals surface area contributed by atoms with Crippen molar-refractivity contribution >= 4 is 5.91 Å². The van der Waals surface area contributed by atoms with Gasteiger partial charge in [0.05, 0.1) is 0 Å². The zero-order valence-corrected chi connectivity index (χ0v) is 9.20. The molecule has 0 saturated carbocycles. The topological polar surface area (TPSA) is 23.6 Å². The first-order valence-electron chi connectivity index (χ1n) is 5.20. The predicted molar refractivity (Wildman–Crippen MR) is 58.1 cm³/mol. The van der Waals surface area contributed by atoms with Gasteiger partial charge in [0.25, 0.3) is 0 Å². The Balaban J connectivity index is 2.35. The molecule has 1 aliphatic heterocycles. The van der Waals surface area contributed by atoms with Gasteiger partial charge >= 0.3 is 0 Å². The minimum atomic E-state index is 0.220. The average Bonchev–Trinajstić information content (AvgIpc) is 2.18. The molecule has 3 heteroatoms. The molecule has 0 bridgehead atoms. The highest BCUT2D eigenvalue weighted by Crippen LogP contribution is 2.14. The molecule has 0 aromatic heterocycles. The summed E-state index contributed by atoms with van der Waals surface area (Å²) in [5.74, 6) is 0.220. The van der Waals surface area contributed by atoms with Crippen LogP contribution in [-0.2, 0) is 4.79 Å². The van der Waals surface area contributed by atoms with E-state index in [1.54, 1.807) is 6.08 Å². The van der Waals surface area contributed by atoms with Gasteiger partial charge in [-0.1, -0.05) is 6.08 Å². The summed E-state index contributed by atoms with van der Waals surface area (Å²) in [6.07, 6.45) is 4.35. The van der Waals surface area contributed by atoms with Crippen LogP contribution in [0.5, 0.6) is 0 Å². The van der Waals surface area contributed by atoms with Gasteiger partial charge in [-0.15, -0.1) is 6.58 Å². The lowest BCUT2D eigenvalue weighted by atomic mass is 10.0. The van der Waals surface area contributed by atoms with Crippen LogP contribution in [0.25, 0.3) is 0 Å². The van der Waals surface area contributed by atoms with Crippen LogP contribution in [0, 0.1) is 0 Å². The summed E-state index contributed by atoms with van der Waals surface area (Å²) in [4.78, 5) is 15.7. The van der Waals surface area contributed by atoms with Gasteiger partial charge in [0, 0.05) is 25.6 Å². The van der Waals surface area contributed by atoms with E-state index in [0.29, 0.717) is 12.5 Å². The summed E-state index contributed by atoms with van der Waals surface area (Å²) < 4.78 is 0. The molecule has 1 fully saturated rings. The quantitative estimate of drug-likeness (QED) is 0.631. The van der Waals surface area contributed by atoms with E-state index in [2.05, 4.69) is 25.6 Å². The number of hydrogen-bond donors (Lipinski definition) is 0. The van der Waals surface area contributed by atoms with Gasteiger partial charge in [0.2, 0.25) is 5.91 Å². The molecule has 0 radical (unpaired) electrons. The number of carbonyl (C=O) groups is 1. The standard InChI is InChI=1S/C11H20N2O/c1-4-5-11(14)13-8-6-10(7-9-13)12(2)3/h4,10H,1,5-9H2,2-3H3. The van der Waals surface area contributed by atoms with Crippen molar-refractivity contribution in [3.05, 3.63) is 12.7 Å². The van der Waals surface area contributed by atoms with Crippen molar-refractivity contribution in [1.29, 1.82) is 0 Å². The highest BCUT2D eigenvalue weighted by atomic mass is 16.2. The maximum absolute atomic E-state index is 11.5. The van der Waals surface area contributed by atoms with Gasteiger partial charge < -0.3 is 9.80 Å². The molecular formula is C11H20N2O. The van der Waals surface area contributed by atoms with E-state index in [1.807, 2.05) is 4.90 Å². The number of hydrogen-bond acceptors (Lipinski definition) is 2. The van der Waals surface area contributed by atoms with E-state index >= 15 is 0 Å². The minimum absolute atomic E-state index is 0.220. The van der Waals surface area contributed by atoms with E-state index < -0.39 is 0 Å². The first-order valence-corrected chi connectivity index (χ1v) is 5.20. The molecule has 0 aromatic rings. The first-order chi connectivity index (χ1) is 6.65. The highest BCUT2D eigenvalue weighted by Gasteiger charge is 2.22. The van der Waals surface area contributed by atoms with Crippen LogP contribution >= 0.6 is 0 Å². The Labute approximate surface area is 86.4 Å². The Kier molecular flexibility index (Phi) is 4.14. The van der Waals surface area contributed by atoms with E-state index in [4.69, 9.17) is 0 Å². The van der Waals surface area contributed by atoms with Crippen molar-refractivity contribution < 1.29 is 4.79 Å². The third kappa shape index (κ3) is 2.84. The molecule has 0 aliphatic carbocycles. The molecule has 14 heavy (non-hydrogen) atoms. The predicted octanol–water partition coefficient (Wildman–Crippen LogP) is 1.12. The van der Waals surface area contributed by atoms with Crippen LogP contribution < -0.4 is 0 Å². The molecule has 1 heterocycles. The number of nitrogens with zero attached hydrogens (tertiary/aromatic N) is 2. The van der Waals surface area contributed by atoms with Crippen molar-refractivity contribution in [2.45, 2.75) is 25.3 Å². The number of likely N-dealkylation sites (tertiary alicyclic amines) is 1. The van der Waals surface area contributed by atoms with Crippen molar-refractivity contribution in [2.75, 3.05) is 27.2 Å². The maximum Gasteiger partial charge on any atom is 0.226 e. The first kappa shape index (κ1) is 11.2. The molecule has 0 unspecified atom stereocenters. The minimum Gasteiger partial charge on any atom is -0.342 e. The van der Waals surface area contributed by atoms with Gasteiger partial charge in [0.15, 0.2) is 0 Å². The fourth-order valence-corrected chi connectivity index (χ4v) is 1.88. The molecule has 0 N–H and O–H groups in total. The largest absolute Gasteiger partial charge is 0.342 e. The normalized spacial score (nSPS) is 18.6. The van der Waals surface area contributed by atoms with E-state index in [0.717, 1.165) is 25.9 Å². The van der Waals surface area contributed by atoms with Crippen LogP contribution in [0.1, 0.15) is 19.3 Å². The Morgan fingerprint density at radius 1 is 1.50 bits per heavy atom. The number of carbonyl (C=O) groups excluding carboxylic acids is 1. The molecule has 1 saturated heterocycles. The summed E-state index contributed by atoms with van der Waals surface area (Å²) in [5, 5.41) is 0. The molecule has 1 amide bonds. The molecule has 0 atom stereocenters. The Hall–Kier alpha value is -0.830. The van der Waals surface area contributed by atoms with Gasteiger partial charge in [-0.2, -0.15) is 0 Å². The second kappa shape index (κ2) is 5.15. The third-order valence-electron chi connectivity index (χ3n) is 2.87.